The van der Waals surface area contributed by atoms with Gasteiger partial charge in [0.25, 0.3) is 11.8 Å². The second kappa shape index (κ2) is 27.7. The van der Waals surface area contributed by atoms with Crippen LogP contribution in [0.4, 0.5) is 5.69 Å². The van der Waals surface area contributed by atoms with Crippen molar-refractivity contribution in [2.24, 2.45) is 23.7 Å². The molecule has 2 aromatic carbocycles. The molecule has 2 aromatic rings. The van der Waals surface area contributed by atoms with Gasteiger partial charge in [0.15, 0.2) is 0 Å². The lowest BCUT2D eigenvalue weighted by Gasteiger charge is -2.41. The number of hydrogen-bond acceptors (Lipinski definition) is 11. The van der Waals surface area contributed by atoms with Crippen molar-refractivity contribution in [3.05, 3.63) is 77.9 Å². The highest BCUT2D eigenvalue weighted by Gasteiger charge is 2.46. The van der Waals surface area contributed by atoms with E-state index >= 15 is 0 Å². The number of fused-ring (bicyclic) bond motifs is 2. The average Bonchev–Trinajstić information content (AvgIpc) is 4.24. The molecule has 6 rings (SSSR count). The van der Waals surface area contributed by atoms with Crippen molar-refractivity contribution in [3.63, 3.8) is 0 Å². The maximum atomic E-state index is 14.5. The molecular weight excluding hydrogens is 957 g/mol. The molecule has 4 aliphatic rings. The summed E-state index contributed by atoms with van der Waals surface area (Å²) in [6.07, 6.45) is 8.62. The quantitative estimate of drug-likeness (QED) is 0.0583. The summed E-state index contributed by atoms with van der Waals surface area (Å²) in [5, 5.41) is 15.4. The van der Waals surface area contributed by atoms with Gasteiger partial charge in [-0.05, 0) is 86.0 Å². The molecule has 5 N–H and O–H groups in total. The predicted molar refractivity (Wildman–Crippen MR) is 284 cm³/mol. The van der Waals surface area contributed by atoms with Gasteiger partial charge in [-0.15, -0.1) is 0 Å². The molecule has 1 saturated carbocycles. The Morgan fingerprint density at radius 1 is 0.827 bits per heavy atom. The number of amides is 8. The fourth-order valence-corrected chi connectivity index (χ4v) is 11.4. The van der Waals surface area contributed by atoms with Crippen LogP contribution in [0.5, 0.6) is 0 Å². The molecular formula is C57H82N8O10. The molecule has 18 heteroatoms. The van der Waals surface area contributed by atoms with Crippen molar-refractivity contribution < 1.29 is 47.8 Å². The van der Waals surface area contributed by atoms with Crippen LogP contribution in [0.1, 0.15) is 116 Å². The summed E-state index contributed by atoms with van der Waals surface area (Å²) in [5.74, 6) is -2.87. The van der Waals surface area contributed by atoms with E-state index in [0.29, 0.717) is 69.8 Å². The minimum atomic E-state index is -0.967. The molecule has 7 unspecified atom stereocenters. The number of methoxy groups -OCH3 is 2. The van der Waals surface area contributed by atoms with E-state index in [2.05, 4.69) is 26.6 Å². The summed E-state index contributed by atoms with van der Waals surface area (Å²) in [6, 6.07) is 13.9. The first-order chi connectivity index (χ1) is 35.9. The highest BCUT2D eigenvalue weighted by Crippen LogP contribution is 2.36. The number of likely N-dealkylation sites (N-methyl/N-ethyl adjacent to an activating group) is 1. The van der Waals surface area contributed by atoms with Crippen molar-refractivity contribution in [1.29, 1.82) is 0 Å². The molecule has 18 nitrogen and oxygen atoms in total. The second-order valence-corrected chi connectivity index (χ2v) is 21.4. The summed E-state index contributed by atoms with van der Waals surface area (Å²) in [5.41, 5.74) is 2.17. The summed E-state index contributed by atoms with van der Waals surface area (Å²) in [6.45, 7) is 10.7. The highest BCUT2D eigenvalue weighted by atomic mass is 16.5. The second-order valence-electron chi connectivity index (χ2n) is 21.4. The summed E-state index contributed by atoms with van der Waals surface area (Å²) in [7, 11) is 4.81. The number of piperidine rings is 1. The van der Waals surface area contributed by atoms with Crippen LogP contribution in [0.25, 0.3) is 0 Å². The Morgan fingerprint density at radius 2 is 1.53 bits per heavy atom. The SMILES string of the molecule is CCC(C)C(C(CC(=O)N1CCC[C@H]1C(OC)C(C)C(=O)NC(Cc1ccccc1)C(=O)Nc1ccc(CNC(=O)CCCCCN2C(=O)C=CC2=O)cc1)OC)N(C)C(=O)C(NC(=O)[C@H]1N[C@@H]2CC[C@H]1C2)C(C)C. The Kier molecular flexibility index (Phi) is 21.5. The molecule has 8 amide bonds. The third-order valence-electron chi connectivity index (χ3n) is 15.9. The Labute approximate surface area is 443 Å². The number of hydrogen-bond donors (Lipinski definition) is 5. The Morgan fingerprint density at radius 3 is 2.15 bits per heavy atom. The number of likely N-dealkylation sites (tertiary alicyclic amines) is 1. The van der Waals surface area contributed by atoms with Crippen LogP contribution in [0.2, 0.25) is 0 Å². The summed E-state index contributed by atoms with van der Waals surface area (Å²) < 4.78 is 12.2. The van der Waals surface area contributed by atoms with E-state index in [1.165, 1.54) is 24.2 Å². The largest absolute Gasteiger partial charge is 0.379 e. The first-order valence-electron chi connectivity index (χ1n) is 27.2. The molecule has 3 fully saturated rings. The Hall–Kier alpha value is -5.98. The van der Waals surface area contributed by atoms with Crippen molar-refractivity contribution >= 4 is 52.9 Å². The van der Waals surface area contributed by atoms with E-state index in [0.717, 1.165) is 30.4 Å². The van der Waals surface area contributed by atoms with Gasteiger partial charge in [0.1, 0.15) is 12.1 Å². The fraction of sp³-hybridized carbons (Fsp3) is 0.614. The van der Waals surface area contributed by atoms with Crippen LogP contribution in [0, 0.1) is 23.7 Å². The van der Waals surface area contributed by atoms with Crippen molar-refractivity contribution in [2.45, 2.75) is 167 Å². The molecule has 0 radical (unpaired) electrons. The summed E-state index contributed by atoms with van der Waals surface area (Å²) >= 11 is 0. The lowest BCUT2D eigenvalue weighted by atomic mass is 9.89. The average molecular weight is 1040 g/mol. The zero-order valence-electron chi connectivity index (χ0n) is 45.3. The van der Waals surface area contributed by atoms with E-state index in [9.17, 15) is 38.4 Å². The normalized spacial score (nSPS) is 21.8. The topological polar surface area (TPSA) is 225 Å². The molecule has 2 bridgehead atoms. The Balaban J connectivity index is 1.04. The molecule has 3 aliphatic heterocycles. The number of carbonyl (C=O) groups excluding carboxylic acids is 8. The molecule has 75 heavy (non-hydrogen) atoms. The lowest BCUT2D eigenvalue weighted by Crippen LogP contribution is -2.60. The fourth-order valence-electron chi connectivity index (χ4n) is 11.4. The first kappa shape index (κ1) is 58.3. The van der Waals surface area contributed by atoms with Gasteiger partial charge in [0.2, 0.25) is 35.4 Å². The smallest absolute Gasteiger partial charge is 0.253 e. The predicted octanol–water partition coefficient (Wildman–Crippen LogP) is 4.66. The minimum absolute atomic E-state index is 0.0198. The molecule has 0 aromatic heterocycles. The Bertz CT molecular complexity index is 2310. The van der Waals surface area contributed by atoms with E-state index in [1.54, 1.807) is 55.1 Å². The van der Waals surface area contributed by atoms with Crippen LogP contribution >= 0.6 is 0 Å². The molecule has 2 saturated heterocycles. The zero-order chi connectivity index (χ0) is 54.3. The number of nitrogens with one attached hydrogen (secondary N) is 5. The number of anilines is 1. The maximum Gasteiger partial charge on any atom is 0.253 e. The standard InChI is InChI=1S/C57H82N8O10/c1-9-36(4)52(63(6)57(73)50(35(2)3)62-56(72)51-40-23-26-42(32-40)59-51)45(74-7)33-49(69)64-30-16-19-44(64)53(75-8)37(5)54(70)61-43(31-38-17-12-10-13-18-38)55(71)60-41-24-21-39(22-25-41)34-58-46(66)20-14-11-15-29-65-47(67)27-28-48(65)68/h10,12-13,17-18,21-22,24-25,27-28,35-37,40,42-45,50-53,59H,9,11,14-16,19-20,23,26,29-34H2,1-8H3,(H,58,66)(H,60,71)(H,61,70)(H,62,72)/t36?,37?,40-,42+,43?,44-,45?,50?,51-,52?,53?/m0/s1. The van der Waals surface area contributed by atoms with Crippen LogP contribution in [0.15, 0.2) is 66.7 Å². The van der Waals surface area contributed by atoms with E-state index in [-0.39, 0.29) is 78.6 Å². The maximum absolute atomic E-state index is 14.5. The number of ether oxygens (including phenoxy) is 2. The van der Waals surface area contributed by atoms with Gasteiger partial charge in [-0.25, -0.2) is 0 Å². The molecule has 11 atom stereocenters. The lowest BCUT2D eigenvalue weighted by molar-refractivity contribution is -0.148. The summed E-state index contributed by atoms with van der Waals surface area (Å²) in [4.78, 5) is 111. The van der Waals surface area contributed by atoms with Gasteiger partial charge in [-0.2, -0.15) is 0 Å². The third-order valence-corrected chi connectivity index (χ3v) is 15.9. The first-order valence-corrected chi connectivity index (χ1v) is 27.2. The number of unbranched alkanes of at least 4 members (excludes halogenated alkanes) is 2. The van der Waals surface area contributed by atoms with Gasteiger partial charge in [0.05, 0.1) is 42.7 Å². The third kappa shape index (κ3) is 15.3. The highest BCUT2D eigenvalue weighted by molar-refractivity contribution is 6.12. The van der Waals surface area contributed by atoms with Crippen LogP contribution < -0.4 is 26.6 Å². The van der Waals surface area contributed by atoms with Crippen LogP contribution in [-0.4, -0.2) is 145 Å². The molecule has 0 spiro atoms. The number of rotatable bonds is 28. The van der Waals surface area contributed by atoms with E-state index in [1.807, 2.05) is 58.0 Å². The number of imide groups is 1. The van der Waals surface area contributed by atoms with Crippen molar-refractivity contribution in [2.75, 3.05) is 39.7 Å². The van der Waals surface area contributed by atoms with Crippen LogP contribution in [0.3, 0.4) is 0 Å². The number of nitrogens with zero attached hydrogens (tertiary/aromatic N) is 3. The zero-order valence-corrected chi connectivity index (χ0v) is 45.3. The number of benzene rings is 2. The van der Waals surface area contributed by atoms with Gasteiger partial charge >= 0.3 is 0 Å². The van der Waals surface area contributed by atoms with Gasteiger partial charge in [-0.3, -0.25) is 43.3 Å². The van der Waals surface area contributed by atoms with Crippen LogP contribution in [-0.2, 0) is 60.8 Å². The van der Waals surface area contributed by atoms with Crippen molar-refractivity contribution in [3.8, 4) is 0 Å². The van der Waals surface area contributed by atoms with E-state index < -0.39 is 54.1 Å². The van der Waals surface area contributed by atoms with Gasteiger partial charge in [0, 0.05) is 77.6 Å². The molecule has 3 heterocycles. The molecule has 1 aliphatic carbocycles. The van der Waals surface area contributed by atoms with E-state index in [4.69, 9.17) is 9.47 Å². The van der Waals surface area contributed by atoms with Crippen molar-refractivity contribution in [1.82, 2.24) is 36.0 Å². The van der Waals surface area contributed by atoms with Gasteiger partial charge < -0.3 is 45.9 Å². The number of carbonyl (C=O) groups is 8. The molecule has 410 valence electrons. The monoisotopic (exact) mass is 1040 g/mol. The minimum Gasteiger partial charge on any atom is -0.379 e. The van der Waals surface area contributed by atoms with Gasteiger partial charge in [-0.1, -0.05) is 89.9 Å².